The molecule has 0 saturated carbocycles. The molecule has 0 bridgehead atoms. The van der Waals surface area contributed by atoms with Gasteiger partial charge in [0.15, 0.2) is 0 Å². The fourth-order valence-corrected chi connectivity index (χ4v) is 1.63. The van der Waals surface area contributed by atoms with Crippen molar-refractivity contribution in [3.63, 3.8) is 0 Å². The molecule has 0 unspecified atom stereocenters. The van der Waals surface area contributed by atoms with Gasteiger partial charge in [-0.05, 0) is 12.1 Å². The van der Waals surface area contributed by atoms with E-state index in [0.29, 0.717) is 17.2 Å². The topological polar surface area (TPSA) is 84.2 Å². The van der Waals surface area contributed by atoms with Crippen molar-refractivity contribution in [3.05, 3.63) is 29.8 Å². The Balaban J connectivity index is 2.47. The Morgan fingerprint density at radius 1 is 1.05 bits per heavy atom. The third-order valence-electron chi connectivity index (χ3n) is 2.63. The van der Waals surface area contributed by atoms with Gasteiger partial charge in [-0.1, -0.05) is 12.1 Å². The summed E-state index contributed by atoms with van der Waals surface area (Å²) in [5.41, 5.74) is 1.21. The molecule has 0 aliphatic rings. The zero-order valence-corrected chi connectivity index (χ0v) is 11.4. The smallest absolute Gasteiger partial charge is 0.324 e. The number of anilines is 2. The zero-order valence-electron chi connectivity index (χ0n) is 11.4. The van der Waals surface area contributed by atoms with E-state index >= 15 is 0 Å². The van der Waals surface area contributed by atoms with Crippen molar-refractivity contribution in [2.24, 2.45) is 0 Å². The van der Waals surface area contributed by atoms with E-state index in [4.69, 9.17) is 14.7 Å². The predicted octanol–water partition coefficient (Wildman–Crippen LogP) is 1.53. The Morgan fingerprint density at radius 3 is 2.20 bits per heavy atom. The summed E-state index contributed by atoms with van der Waals surface area (Å²) in [6, 6.07) is 9.58. The minimum Gasteiger partial charge on any atom is -0.467 e. The van der Waals surface area contributed by atoms with Crippen LogP contribution in [-0.4, -0.2) is 36.2 Å². The summed E-state index contributed by atoms with van der Waals surface area (Å²) < 4.78 is 10.0. The molecular formula is C13H13N5O2. The molecule has 0 spiro atoms. The Hall–Kier alpha value is -2.88. The first-order valence-electron chi connectivity index (χ1n) is 5.76. The standard InChI is InChI=1S/C13H13N5O2/c1-18(10-7-5-4-6-9(10)8-14)11-15-12(19-2)17-13(16-11)20-3/h4-7H,1-3H3. The highest BCUT2D eigenvalue weighted by Gasteiger charge is 2.15. The number of aromatic nitrogens is 3. The molecule has 2 aromatic rings. The maximum atomic E-state index is 9.14. The Kier molecular flexibility index (Phi) is 3.96. The monoisotopic (exact) mass is 271 g/mol. The maximum absolute atomic E-state index is 9.14. The van der Waals surface area contributed by atoms with Crippen LogP contribution >= 0.6 is 0 Å². The molecule has 7 heteroatoms. The van der Waals surface area contributed by atoms with Crippen LogP contribution in [0, 0.1) is 11.3 Å². The Morgan fingerprint density at radius 2 is 1.65 bits per heavy atom. The highest BCUT2D eigenvalue weighted by atomic mass is 16.5. The second-order valence-electron chi connectivity index (χ2n) is 3.80. The third kappa shape index (κ3) is 2.59. The van der Waals surface area contributed by atoms with E-state index in [1.54, 1.807) is 30.1 Å². The number of rotatable bonds is 4. The van der Waals surface area contributed by atoms with Crippen LogP contribution in [0.2, 0.25) is 0 Å². The molecule has 0 fully saturated rings. The quantitative estimate of drug-likeness (QED) is 0.833. The van der Waals surface area contributed by atoms with Gasteiger partial charge >= 0.3 is 12.0 Å². The number of para-hydroxylation sites is 1. The molecule has 0 aliphatic carbocycles. The van der Waals surface area contributed by atoms with Crippen molar-refractivity contribution in [2.45, 2.75) is 0 Å². The molecule has 0 N–H and O–H groups in total. The second-order valence-corrected chi connectivity index (χ2v) is 3.80. The van der Waals surface area contributed by atoms with E-state index in [9.17, 15) is 0 Å². The summed E-state index contributed by atoms with van der Waals surface area (Å²) in [5.74, 6) is 0.330. The molecule has 1 aromatic carbocycles. The van der Waals surface area contributed by atoms with Crippen molar-refractivity contribution in [3.8, 4) is 18.1 Å². The summed E-state index contributed by atoms with van der Waals surface area (Å²) in [4.78, 5) is 13.9. The van der Waals surface area contributed by atoms with Gasteiger partial charge in [-0.25, -0.2) is 0 Å². The number of nitriles is 1. The van der Waals surface area contributed by atoms with Crippen LogP contribution in [0.15, 0.2) is 24.3 Å². The average molecular weight is 271 g/mol. The normalized spacial score (nSPS) is 9.70. The maximum Gasteiger partial charge on any atom is 0.324 e. The van der Waals surface area contributed by atoms with E-state index < -0.39 is 0 Å². The lowest BCUT2D eigenvalue weighted by Gasteiger charge is -2.18. The van der Waals surface area contributed by atoms with E-state index in [-0.39, 0.29) is 12.0 Å². The van der Waals surface area contributed by atoms with Gasteiger partial charge in [0.1, 0.15) is 6.07 Å². The lowest BCUT2D eigenvalue weighted by atomic mass is 10.2. The fourth-order valence-electron chi connectivity index (χ4n) is 1.63. The number of hydrogen-bond acceptors (Lipinski definition) is 7. The highest BCUT2D eigenvalue weighted by Crippen LogP contribution is 2.25. The molecule has 0 radical (unpaired) electrons. The minimum absolute atomic E-state index is 0.146. The summed E-state index contributed by atoms with van der Waals surface area (Å²) in [5, 5.41) is 9.14. The summed E-state index contributed by atoms with van der Waals surface area (Å²) in [7, 11) is 4.67. The van der Waals surface area contributed by atoms with Crippen LogP contribution < -0.4 is 14.4 Å². The summed E-state index contributed by atoms with van der Waals surface area (Å²) >= 11 is 0. The lowest BCUT2D eigenvalue weighted by molar-refractivity contribution is 0.340. The van der Waals surface area contributed by atoms with Gasteiger partial charge in [0, 0.05) is 7.05 Å². The summed E-state index contributed by atoms with van der Waals surface area (Å²) in [6.07, 6.45) is 0. The van der Waals surface area contributed by atoms with Crippen molar-refractivity contribution >= 4 is 11.6 Å². The van der Waals surface area contributed by atoms with Crippen LogP contribution in [-0.2, 0) is 0 Å². The highest BCUT2D eigenvalue weighted by molar-refractivity contribution is 5.65. The van der Waals surface area contributed by atoms with E-state index in [0.717, 1.165) is 0 Å². The van der Waals surface area contributed by atoms with Gasteiger partial charge in [-0.15, -0.1) is 4.98 Å². The zero-order chi connectivity index (χ0) is 14.5. The third-order valence-corrected chi connectivity index (χ3v) is 2.63. The van der Waals surface area contributed by atoms with Crippen LogP contribution in [0.25, 0.3) is 0 Å². The van der Waals surface area contributed by atoms with E-state index in [1.807, 2.05) is 6.07 Å². The van der Waals surface area contributed by atoms with Gasteiger partial charge in [0.2, 0.25) is 5.95 Å². The van der Waals surface area contributed by atoms with Gasteiger partial charge in [0.05, 0.1) is 25.5 Å². The van der Waals surface area contributed by atoms with Crippen LogP contribution in [0.5, 0.6) is 12.0 Å². The van der Waals surface area contributed by atoms with Crippen molar-refractivity contribution in [1.29, 1.82) is 5.26 Å². The number of methoxy groups -OCH3 is 2. The molecule has 2 rings (SSSR count). The Labute approximate surface area is 116 Å². The number of benzene rings is 1. The van der Waals surface area contributed by atoms with Crippen LogP contribution in [0.1, 0.15) is 5.56 Å². The van der Waals surface area contributed by atoms with Gasteiger partial charge < -0.3 is 14.4 Å². The van der Waals surface area contributed by atoms with Gasteiger partial charge in [-0.3, -0.25) is 0 Å². The first kappa shape index (κ1) is 13.5. The molecule has 0 atom stereocenters. The largest absolute Gasteiger partial charge is 0.467 e. The molecule has 0 aliphatic heterocycles. The fraction of sp³-hybridized carbons (Fsp3) is 0.231. The number of hydrogen-bond donors (Lipinski definition) is 0. The van der Waals surface area contributed by atoms with Crippen molar-refractivity contribution in [2.75, 3.05) is 26.2 Å². The molecular weight excluding hydrogens is 258 g/mol. The van der Waals surface area contributed by atoms with E-state index in [1.165, 1.54) is 14.2 Å². The number of ether oxygens (including phenoxy) is 2. The molecule has 1 aromatic heterocycles. The van der Waals surface area contributed by atoms with Crippen molar-refractivity contribution in [1.82, 2.24) is 15.0 Å². The lowest BCUT2D eigenvalue weighted by Crippen LogP contribution is -2.15. The average Bonchev–Trinajstić information content (AvgIpc) is 2.53. The van der Waals surface area contributed by atoms with E-state index in [2.05, 4.69) is 21.0 Å². The first-order chi connectivity index (χ1) is 9.69. The first-order valence-corrected chi connectivity index (χ1v) is 5.76. The van der Waals surface area contributed by atoms with Gasteiger partial charge in [-0.2, -0.15) is 15.2 Å². The molecule has 0 saturated heterocycles. The SMILES string of the molecule is COc1nc(OC)nc(N(C)c2ccccc2C#N)n1. The Bertz CT molecular complexity index is 631. The van der Waals surface area contributed by atoms with Crippen LogP contribution in [0.3, 0.4) is 0 Å². The van der Waals surface area contributed by atoms with Gasteiger partial charge in [0.25, 0.3) is 0 Å². The van der Waals surface area contributed by atoms with Crippen LogP contribution in [0.4, 0.5) is 11.6 Å². The molecule has 102 valence electrons. The predicted molar refractivity (Wildman–Crippen MR) is 72.2 cm³/mol. The number of nitrogens with zero attached hydrogens (tertiary/aromatic N) is 5. The van der Waals surface area contributed by atoms with Crippen molar-refractivity contribution < 1.29 is 9.47 Å². The molecule has 20 heavy (non-hydrogen) atoms. The second kappa shape index (κ2) is 5.84. The minimum atomic E-state index is 0.146. The molecule has 1 heterocycles. The molecule has 7 nitrogen and oxygen atoms in total. The molecule has 0 amide bonds. The summed E-state index contributed by atoms with van der Waals surface area (Å²) in [6.45, 7) is 0.